The van der Waals surface area contributed by atoms with Gasteiger partial charge in [0, 0.05) is 32.4 Å². The van der Waals surface area contributed by atoms with Crippen molar-refractivity contribution in [3.8, 4) is 0 Å². The van der Waals surface area contributed by atoms with Gasteiger partial charge in [0.05, 0.1) is 6.42 Å². The van der Waals surface area contributed by atoms with Crippen LogP contribution in [0, 0.1) is 0 Å². The molecule has 0 spiro atoms. The van der Waals surface area contributed by atoms with E-state index in [4.69, 9.17) is 0 Å². The van der Waals surface area contributed by atoms with Crippen LogP contribution in [0.5, 0.6) is 0 Å². The van der Waals surface area contributed by atoms with Gasteiger partial charge in [-0.05, 0) is 17.7 Å². The highest BCUT2D eigenvalue weighted by Gasteiger charge is 2.56. The lowest BCUT2D eigenvalue weighted by atomic mass is 9.89. The van der Waals surface area contributed by atoms with Gasteiger partial charge in [0.1, 0.15) is 5.82 Å². The van der Waals surface area contributed by atoms with E-state index in [2.05, 4.69) is 4.98 Å². The van der Waals surface area contributed by atoms with E-state index < -0.39 is 24.1 Å². The monoisotopic (exact) mass is 379 g/mol. The highest BCUT2D eigenvalue weighted by atomic mass is 19.4. The van der Waals surface area contributed by atoms with Gasteiger partial charge in [-0.2, -0.15) is 13.2 Å². The number of hydrogen-bond donors (Lipinski definition) is 1. The molecule has 3 rings (SSSR count). The molecular formula is C19H20F3N3O2. The molecule has 0 radical (unpaired) electrons. The molecule has 5 nitrogen and oxygen atoms in total. The summed E-state index contributed by atoms with van der Waals surface area (Å²) < 4.78 is 40.7. The fraction of sp³-hybridized carbons (Fsp3) is 0.368. The molecule has 2 heterocycles. The zero-order valence-electron chi connectivity index (χ0n) is 14.6. The molecule has 0 aliphatic carbocycles. The van der Waals surface area contributed by atoms with Gasteiger partial charge < -0.3 is 14.9 Å². The molecule has 1 aliphatic heterocycles. The summed E-state index contributed by atoms with van der Waals surface area (Å²) in [5, 5.41) is 10.4. The topological polar surface area (TPSA) is 56.7 Å². The fourth-order valence-corrected chi connectivity index (χ4v) is 3.14. The Bertz CT molecular complexity index is 763. The Morgan fingerprint density at radius 2 is 1.63 bits per heavy atom. The predicted octanol–water partition coefficient (Wildman–Crippen LogP) is 2.57. The van der Waals surface area contributed by atoms with E-state index in [9.17, 15) is 23.1 Å². The van der Waals surface area contributed by atoms with Crippen molar-refractivity contribution < 1.29 is 23.1 Å². The van der Waals surface area contributed by atoms with Crippen molar-refractivity contribution >= 4 is 11.7 Å². The highest BCUT2D eigenvalue weighted by molar-refractivity contribution is 5.78. The summed E-state index contributed by atoms with van der Waals surface area (Å²) >= 11 is 0. The van der Waals surface area contributed by atoms with Crippen molar-refractivity contribution in [2.75, 3.05) is 31.1 Å². The van der Waals surface area contributed by atoms with Crippen LogP contribution in [0.4, 0.5) is 19.0 Å². The number of halogens is 3. The number of piperazine rings is 1. The van der Waals surface area contributed by atoms with Crippen molar-refractivity contribution in [1.82, 2.24) is 9.88 Å². The van der Waals surface area contributed by atoms with E-state index in [1.54, 1.807) is 18.3 Å². The maximum absolute atomic E-state index is 13.6. The van der Waals surface area contributed by atoms with Crippen LogP contribution >= 0.6 is 0 Å². The molecule has 1 saturated heterocycles. The number of benzene rings is 1. The van der Waals surface area contributed by atoms with Gasteiger partial charge in [-0.1, -0.05) is 36.4 Å². The third-order valence-corrected chi connectivity index (χ3v) is 4.73. The van der Waals surface area contributed by atoms with Gasteiger partial charge >= 0.3 is 6.18 Å². The van der Waals surface area contributed by atoms with E-state index in [1.165, 1.54) is 29.2 Å². The Hall–Kier alpha value is -2.61. The minimum Gasteiger partial charge on any atom is -0.376 e. The second kappa shape index (κ2) is 7.56. The van der Waals surface area contributed by atoms with Gasteiger partial charge in [-0.3, -0.25) is 4.79 Å². The molecule has 1 atom stereocenters. The largest absolute Gasteiger partial charge is 0.421 e. The van der Waals surface area contributed by atoms with Crippen molar-refractivity contribution in [3.63, 3.8) is 0 Å². The van der Waals surface area contributed by atoms with Gasteiger partial charge in [-0.25, -0.2) is 4.98 Å². The van der Waals surface area contributed by atoms with Crippen molar-refractivity contribution in [3.05, 3.63) is 60.3 Å². The lowest BCUT2D eigenvalue weighted by Crippen LogP contribution is -2.52. The summed E-state index contributed by atoms with van der Waals surface area (Å²) in [4.78, 5) is 20.1. The molecule has 1 aromatic carbocycles. The van der Waals surface area contributed by atoms with Gasteiger partial charge in [0.2, 0.25) is 5.91 Å². The Morgan fingerprint density at radius 1 is 1.00 bits per heavy atom. The second-order valence-corrected chi connectivity index (χ2v) is 6.46. The molecule has 1 aromatic heterocycles. The molecule has 2 aromatic rings. The molecule has 27 heavy (non-hydrogen) atoms. The molecular weight excluding hydrogens is 359 g/mol. The third kappa shape index (κ3) is 4.05. The number of carbonyl (C=O) groups is 1. The van der Waals surface area contributed by atoms with Crippen molar-refractivity contribution in [1.29, 1.82) is 0 Å². The highest BCUT2D eigenvalue weighted by Crippen LogP contribution is 2.42. The number of pyridine rings is 1. The number of nitrogens with zero attached hydrogens (tertiary/aromatic N) is 3. The van der Waals surface area contributed by atoms with Gasteiger partial charge in [-0.15, -0.1) is 0 Å². The molecule has 1 fully saturated rings. The van der Waals surface area contributed by atoms with Crippen LogP contribution in [0.15, 0.2) is 54.7 Å². The maximum Gasteiger partial charge on any atom is 0.421 e. The Labute approximate surface area is 155 Å². The van der Waals surface area contributed by atoms with E-state index in [0.717, 1.165) is 5.82 Å². The Kier molecular flexibility index (Phi) is 5.36. The van der Waals surface area contributed by atoms with Crippen LogP contribution in [0.1, 0.15) is 12.0 Å². The smallest absolute Gasteiger partial charge is 0.376 e. The van der Waals surface area contributed by atoms with E-state index >= 15 is 0 Å². The zero-order valence-corrected chi connectivity index (χ0v) is 14.6. The second-order valence-electron chi connectivity index (χ2n) is 6.46. The van der Waals surface area contributed by atoms with Crippen molar-refractivity contribution in [2.45, 2.75) is 18.2 Å². The summed E-state index contributed by atoms with van der Waals surface area (Å²) in [5.74, 6) is 0.0417. The number of alkyl halides is 3. The van der Waals surface area contributed by atoms with Crippen molar-refractivity contribution in [2.24, 2.45) is 0 Å². The minimum absolute atomic E-state index is 0.276. The molecule has 8 heteroatoms. The average molecular weight is 379 g/mol. The first-order valence-corrected chi connectivity index (χ1v) is 8.60. The molecule has 1 aliphatic rings. The quantitative estimate of drug-likeness (QED) is 0.887. The summed E-state index contributed by atoms with van der Waals surface area (Å²) in [5.41, 5.74) is -3.54. The molecule has 1 amide bonds. The average Bonchev–Trinajstić information content (AvgIpc) is 2.68. The van der Waals surface area contributed by atoms with Crippen LogP contribution in [0.3, 0.4) is 0 Å². The Morgan fingerprint density at radius 3 is 2.19 bits per heavy atom. The maximum atomic E-state index is 13.6. The van der Waals surface area contributed by atoms with Crippen LogP contribution in [0.2, 0.25) is 0 Å². The SMILES string of the molecule is O=C(CC(O)(c1ccccc1)C(F)(F)F)N1CCN(c2ccccn2)CC1. The number of aromatic nitrogens is 1. The number of rotatable bonds is 4. The van der Waals surface area contributed by atoms with Gasteiger partial charge in [0.25, 0.3) is 0 Å². The van der Waals surface area contributed by atoms with E-state index in [1.807, 2.05) is 17.0 Å². The predicted molar refractivity (Wildman–Crippen MR) is 94.0 cm³/mol. The van der Waals surface area contributed by atoms with Crippen LogP contribution in [0.25, 0.3) is 0 Å². The lowest BCUT2D eigenvalue weighted by molar-refractivity contribution is -0.268. The standard InChI is InChI=1S/C19H20F3N3O2/c20-19(21,22)18(27,15-6-2-1-3-7-15)14-17(26)25-12-10-24(11-13-25)16-8-4-5-9-23-16/h1-9,27H,10-14H2. The zero-order chi connectivity index (χ0) is 19.5. The number of hydrogen-bond acceptors (Lipinski definition) is 4. The summed E-state index contributed by atoms with van der Waals surface area (Å²) in [7, 11) is 0. The normalized spacial score (nSPS) is 17.5. The summed E-state index contributed by atoms with van der Waals surface area (Å²) in [6.45, 7) is 1.49. The number of aliphatic hydroxyl groups is 1. The number of carbonyl (C=O) groups excluding carboxylic acids is 1. The first-order valence-electron chi connectivity index (χ1n) is 8.60. The number of anilines is 1. The molecule has 144 valence electrons. The van der Waals surface area contributed by atoms with Gasteiger partial charge in [0.15, 0.2) is 5.60 Å². The van der Waals surface area contributed by atoms with Crippen LogP contribution in [-0.2, 0) is 10.4 Å². The summed E-state index contributed by atoms with van der Waals surface area (Å²) in [6.07, 6.45) is -4.33. The molecule has 1 N–H and O–H groups in total. The minimum atomic E-state index is -4.96. The summed E-state index contributed by atoms with van der Waals surface area (Å²) in [6, 6.07) is 12.2. The molecule has 0 bridgehead atoms. The number of amides is 1. The van der Waals surface area contributed by atoms with Crippen LogP contribution in [-0.4, -0.2) is 53.3 Å². The lowest BCUT2D eigenvalue weighted by Gasteiger charge is -2.37. The first kappa shape index (κ1) is 19.2. The molecule has 1 unspecified atom stereocenters. The van der Waals surface area contributed by atoms with E-state index in [-0.39, 0.29) is 18.7 Å². The fourth-order valence-electron chi connectivity index (χ4n) is 3.14. The van der Waals surface area contributed by atoms with Crippen LogP contribution < -0.4 is 4.90 Å². The first-order chi connectivity index (χ1) is 12.8. The third-order valence-electron chi connectivity index (χ3n) is 4.73. The molecule has 0 saturated carbocycles. The van der Waals surface area contributed by atoms with E-state index in [0.29, 0.717) is 13.1 Å². The Balaban J connectivity index is 1.69.